The lowest BCUT2D eigenvalue weighted by molar-refractivity contribution is -0.138. The van der Waals surface area contributed by atoms with Crippen LogP contribution in [0.2, 0.25) is 0 Å². The number of carboxylic acids is 1. The highest BCUT2D eigenvalue weighted by molar-refractivity contribution is 5.95. The van der Waals surface area contributed by atoms with Crippen molar-refractivity contribution in [3.63, 3.8) is 0 Å². The Morgan fingerprint density at radius 1 is 1.56 bits per heavy atom. The van der Waals surface area contributed by atoms with Crippen LogP contribution in [0.4, 0.5) is 0 Å². The molecule has 1 rings (SSSR count). The highest BCUT2D eigenvalue weighted by Crippen LogP contribution is 2.04. The Morgan fingerprint density at radius 3 is 2.81 bits per heavy atom. The van der Waals surface area contributed by atoms with Crippen molar-refractivity contribution in [1.29, 1.82) is 0 Å². The van der Waals surface area contributed by atoms with Gasteiger partial charge in [-0.1, -0.05) is 6.92 Å². The second-order valence-electron chi connectivity index (χ2n) is 3.62. The molecular formula is C11H16N2O3. The average Bonchev–Trinajstić information content (AvgIpc) is 2.66. The van der Waals surface area contributed by atoms with Gasteiger partial charge in [0.2, 0.25) is 0 Å². The Bertz CT molecular complexity index is 384. The second kappa shape index (κ2) is 5.34. The maximum atomic E-state index is 11.7. The number of nitrogens with one attached hydrogen (secondary N) is 1. The van der Waals surface area contributed by atoms with Crippen molar-refractivity contribution in [3.8, 4) is 0 Å². The van der Waals surface area contributed by atoms with Gasteiger partial charge in [-0.3, -0.25) is 9.59 Å². The molecule has 0 saturated carbocycles. The molecule has 1 aromatic heterocycles. The Labute approximate surface area is 94.1 Å². The SMILES string of the molecule is CCCn1cccc1C(=O)NC(C)C(=O)O. The third-order valence-electron chi connectivity index (χ3n) is 2.24. The zero-order chi connectivity index (χ0) is 12.1. The van der Waals surface area contributed by atoms with Crippen LogP contribution < -0.4 is 5.32 Å². The van der Waals surface area contributed by atoms with Gasteiger partial charge < -0.3 is 15.0 Å². The van der Waals surface area contributed by atoms with E-state index in [1.54, 1.807) is 12.1 Å². The van der Waals surface area contributed by atoms with E-state index in [2.05, 4.69) is 5.32 Å². The van der Waals surface area contributed by atoms with Crippen molar-refractivity contribution >= 4 is 11.9 Å². The third-order valence-corrected chi connectivity index (χ3v) is 2.24. The number of amides is 1. The number of carboxylic acid groups (broad SMARTS) is 1. The first-order valence-electron chi connectivity index (χ1n) is 5.25. The zero-order valence-electron chi connectivity index (χ0n) is 9.43. The number of aliphatic carboxylic acids is 1. The monoisotopic (exact) mass is 224 g/mol. The molecule has 0 bridgehead atoms. The number of carbonyl (C=O) groups is 2. The Balaban J connectivity index is 2.72. The highest BCUT2D eigenvalue weighted by Gasteiger charge is 2.17. The lowest BCUT2D eigenvalue weighted by Gasteiger charge is -2.11. The molecular weight excluding hydrogens is 208 g/mol. The van der Waals surface area contributed by atoms with Gasteiger partial charge in [0.05, 0.1) is 0 Å². The molecule has 1 heterocycles. The molecule has 1 unspecified atom stereocenters. The van der Waals surface area contributed by atoms with Crippen LogP contribution in [0.15, 0.2) is 18.3 Å². The van der Waals surface area contributed by atoms with Crippen molar-refractivity contribution < 1.29 is 14.7 Å². The molecule has 0 aliphatic rings. The minimum Gasteiger partial charge on any atom is -0.480 e. The summed E-state index contributed by atoms with van der Waals surface area (Å²) >= 11 is 0. The van der Waals surface area contributed by atoms with Gasteiger partial charge in [-0.2, -0.15) is 0 Å². The van der Waals surface area contributed by atoms with E-state index in [9.17, 15) is 9.59 Å². The maximum absolute atomic E-state index is 11.7. The maximum Gasteiger partial charge on any atom is 0.325 e. The van der Waals surface area contributed by atoms with Crippen LogP contribution in [0.1, 0.15) is 30.8 Å². The van der Waals surface area contributed by atoms with E-state index < -0.39 is 12.0 Å². The van der Waals surface area contributed by atoms with E-state index in [1.807, 2.05) is 17.7 Å². The topological polar surface area (TPSA) is 71.3 Å². The summed E-state index contributed by atoms with van der Waals surface area (Å²) in [6.07, 6.45) is 2.73. The van der Waals surface area contributed by atoms with E-state index in [-0.39, 0.29) is 5.91 Å². The molecule has 88 valence electrons. The smallest absolute Gasteiger partial charge is 0.325 e. The van der Waals surface area contributed by atoms with Crippen molar-refractivity contribution in [2.24, 2.45) is 0 Å². The number of rotatable bonds is 5. The quantitative estimate of drug-likeness (QED) is 0.786. The van der Waals surface area contributed by atoms with Crippen LogP contribution >= 0.6 is 0 Å². The molecule has 0 saturated heterocycles. The first kappa shape index (κ1) is 12.3. The highest BCUT2D eigenvalue weighted by atomic mass is 16.4. The number of hydrogen-bond donors (Lipinski definition) is 2. The van der Waals surface area contributed by atoms with Crippen molar-refractivity contribution in [2.75, 3.05) is 0 Å². The number of hydrogen-bond acceptors (Lipinski definition) is 2. The molecule has 0 fully saturated rings. The molecule has 1 aromatic rings. The van der Waals surface area contributed by atoms with Gasteiger partial charge in [-0.05, 0) is 25.5 Å². The Kier molecular flexibility index (Phi) is 4.10. The van der Waals surface area contributed by atoms with Crippen molar-refractivity contribution in [1.82, 2.24) is 9.88 Å². The van der Waals surface area contributed by atoms with Crippen molar-refractivity contribution in [2.45, 2.75) is 32.9 Å². The summed E-state index contributed by atoms with van der Waals surface area (Å²) in [4.78, 5) is 22.3. The predicted molar refractivity (Wildman–Crippen MR) is 59.3 cm³/mol. The molecule has 2 N–H and O–H groups in total. The lowest BCUT2D eigenvalue weighted by Crippen LogP contribution is -2.39. The summed E-state index contributed by atoms with van der Waals surface area (Å²) in [6, 6.07) is 2.58. The predicted octanol–water partition coefficient (Wildman–Crippen LogP) is 1.10. The van der Waals surface area contributed by atoms with Crippen LogP contribution in [0, 0.1) is 0 Å². The molecule has 16 heavy (non-hydrogen) atoms. The summed E-state index contributed by atoms with van der Waals surface area (Å²) in [5.41, 5.74) is 0.495. The second-order valence-corrected chi connectivity index (χ2v) is 3.62. The Morgan fingerprint density at radius 2 is 2.25 bits per heavy atom. The molecule has 0 aromatic carbocycles. The summed E-state index contributed by atoms with van der Waals surface area (Å²) in [7, 11) is 0. The minimum atomic E-state index is -1.04. The average molecular weight is 224 g/mol. The molecule has 5 nitrogen and oxygen atoms in total. The molecule has 0 aliphatic heterocycles. The first-order valence-corrected chi connectivity index (χ1v) is 5.25. The van der Waals surface area contributed by atoms with Gasteiger partial charge in [0, 0.05) is 12.7 Å². The van der Waals surface area contributed by atoms with Gasteiger partial charge in [0.1, 0.15) is 11.7 Å². The van der Waals surface area contributed by atoms with E-state index >= 15 is 0 Å². The largest absolute Gasteiger partial charge is 0.480 e. The standard InChI is InChI=1S/C11H16N2O3/c1-3-6-13-7-4-5-9(13)10(14)12-8(2)11(15)16/h4-5,7-8H,3,6H2,1-2H3,(H,12,14)(H,15,16). The van der Waals surface area contributed by atoms with Gasteiger partial charge in [-0.15, -0.1) is 0 Å². The van der Waals surface area contributed by atoms with E-state index in [0.29, 0.717) is 5.69 Å². The normalized spacial score (nSPS) is 12.1. The van der Waals surface area contributed by atoms with Gasteiger partial charge in [0.25, 0.3) is 5.91 Å². The van der Waals surface area contributed by atoms with Crippen molar-refractivity contribution in [3.05, 3.63) is 24.0 Å². The van der Waals surface area contributed by atoms with E-state index in [0.717, 1.165) is 13.0 Å². The van der Waals surface area contributed by atoms with Crippen LogP contribution in [0.3, 0.4) is 0 Å². The number of nitrogens with zero attached hydrogens (tertiary/aromatic N) is 1. The molecule has 0 aliphatic carbocycles. The Hall–Kier alpha value is -1.78. The zero-order valence-corrected chi connectivity index (χ0v) is 9.43. The molecule has 1 amide bonds. The van der Waals surface area contributed by atoms with Gasteiger partial charge >= 0.3 is 5.97 Å². The number of aryl methyl sites for hydroxylation is 1. The molecule has 5 heteroatoms. The molecule has 1 atom stereocenters. The number of carbonyl (C=O) groups excluding carboxylic acids is 1. The van der Waals surface area contributed by atoms with Gasteiger partial charge in [-0.25, -0.2) is 0 Å². The fraction of sp³-hybridized carbons (Fsp3) is 0.455. The van der Waals surface area contributed by atoms with E-state index in [4.69, 9.17) is 5.11 Å². The van der Waals surface area contributed by atoms with Crippen LogP contribution in [-0.2, 0) is 11.3 Å². The molecule has 0 spiro atoms. The third kappa shape index (κ3) is 2.85. The van der Waals surface area contributed by atoms with E-state index in [1.165, 1.54) is 6.92 Å². The summed E-state index contributed by atoms with van der Waals surface area (Å²) in [5.74, 6) is -1.39. The summed E-state index contributed by atoms with van der Waals surface area (Å²) in [6.45, 7) is 4.20. The summed E-state index contributed by atoms with van der Waals surface area (Å²) < 4.78 is 1.81. The number of aromatic nitrogens is 1. The first-order chi connectivity index (χ1) is 7.56. The van der Waals surface area contributed by atoms with Gasteiger partial charge in [0.15, 0.2) is 0 Å². The fourth-order valence-electron chi connectivity index (χ4n) is 1.39. The fourth-order valence-corrected chi connectivity index (χ4v) is 1.39. The minimum absolute atomic E-state index is 0.353. The van der Waals surface area contributed by atoms with Crippen LogP contribution in [-0.4, -0.2) is 27.6 Å². The molecule has 0 radical (unpaired) electrons. The summed E-state index contributed by atoms with van der Waals surface area (Å²) in [5, 5.41) is 11.1. The van der Waals surface area contributed by atoms with Crippen LogP contribution in [0.25, 0.3) is 0 Å². The van der Waals surface area contributed by atoms with Crippen LogP contribution in [0.5, 0.6) is 0 Å². The lowest BCUT2D eigenvalue weighted by atomic mass is 10.3.